The molecule has 0 atom stereocenters. The minimum atomic E-state index is -4.63. The quantitative estimate of drug-likeness (QED) is 0.681. The van der Waals surface area contributed by atoms with Crippen LogP contribution in [-0.4, -0.2) is 37.1 Å². The van der Waals surface area contributed by atoms with E-state index in [-0.39, 0.29) is 23.0 Å². The number of para-hydroxylation sites is 1. The number of halogens is 3. The van der Waals surface area contributed by atoms with Gasteiger partial charge in [0.05, 0.1) is 25.3 Å². The van der Waals surface area contributed by atoms with Gasteiger partial charge >= 0.3 is 6.18 Å². The number of methoxy groups -OCH3 is 2. The van der Waals surface area contributed by atoms with Crippen LogP contribution in [0.1, 0.15) is 21.5 Å². The fourth-order valence-corrected chi connectivity index (χ4v) is 3.18. The minimum Gasteiger partial charge on any atom is -0.493 e. The summed E-state index contributed by atoms with van der Waals surface area (Å²) in [6.45, 7) is 0.152. The molecule has 30 heavy (non-hydrogen) atoms. The van der Waals surface area contributed by atoms with Crippen molar-refractivity contribution in [1.82, 2.24) is 9.88 Å². The summed E-state index contributed by atoms with van der Waals surface area (Å²) in [5.41, 5.74) is -1.60. The number of fused-ring (bicyclic) bond motifs is 1. The van der Waals surface area contributed by atoms with Crippen LogP contribution >= 0.6 is 0 Å². The van der Waals surface area contributed by atoms with E-state index in [2.05, 4.69) is 4.98 Å². The lowest BCUT2D eigenvalue weighted by atomic mass is 10.1. The van der Waals surface area contributed by atoms with E-state index in [0.29, 0.717) is 11.5 Å². The first-order valence-corrected chi connectivity index (χ1v) is 8.85. The van der Waals surface area contributed by atoms with Crippen molar-refractivity contribution >= 4 is 16.8 Å². The molecule has 1 aromatic heterocycles. The highest BCUT2D eigenvalue weighted by Crippen LogP contribution is 2.33. The first-order valence-electron chi connectivity index (χ1n) is 8.85. The Kier molecular flexibility index (Phi) is 5.73. The second-order valence-electron chi connectivity index (χ2n) is 6.61. The van der Waals surface area contributed by atoms with Gasteiger partial charge < -0.3 is 19.4 Å². The molecule has 3 rings (SSSR count). The number of rotatable bonds is 5. The van der Waals surface area contributed by atoms with E-state index in [9.17, 15) is 22.8 Å². The largest absolute Gasteiger partial charge is 0.493 e. The molecule has 1 amide bonds. The molecule has 0 bridgehead atoms. The first-order chi connectivity index (χ1) is 14.2. The lowest BCUT2D eigenvalue weighted by molar-refractivity contribution is -0.136. The van der Waals surface area contributed by atoms with Crippen LogP contribution in [-0.2, 0) is 12.7 Å². The van der Waals surface area contributed by atoms with Crippen LogP contribution in [0.15, 0.2) is 47.4 Å². The second kappa shape index (κ2) is 8.10. The van der Waals surface area contributed by atoms with Gasteiger partial charge in [0.25, 0.3) is 5.91 Å². The number of pyridine rings is 1. The van der Waals surface area contributed by atoms with Crippen molar-refractivity contribution in [3.63, 3.8) is 0 Å². The van der Waals surface area contributed by atoms with Crippen LogP contribution in [0.2, 0.25) is 0 Å². The lowest BCUT2D eigenvalue weighted by Crippen LogP contribution is -2.31. The maximum atomic E-state index is 13.2. The van der Waals surface area contributed by atoms with E-state index in [4.69, 9.17) is 9.47 Å². The molecule has 158 valence electrons. The number of aromatic nitrogens is 1. The van der Waals surface area contributed by atoms with Crippen molar-refractivity contribution < 1.29 is 27.4 Å². The molecule has 1 heterocycles. The van der Waals surface area contributed by atoms with E-state index < -0.39 is 23.1 Å². The zero-order chi connectivity index (χ0) is 22.1. The Balaban J connectivity index is 1.93. The molecule has 2 aromatic carbocycles. The van der Waals surface area contributed by atoms with Crippen LogP contribution in [0.4, 0.5) is 13.2 Å². The number of nitrogens with one attached hydrogen (secondary N) is 1. The number of alkyl halides is 3. The fourth-order valence-electron chi connectivity index (χ4n) is 3.18. The van der Waals surface area contributed by atoms with E-state index in [1.807, 2.05) is 0 Å². The number of H-pyrrole nitrogens is 1. The normalized spacial score (nSPS) is 11.4. The average Bonchev–Trinajstić information content (AvgIpc) is 2.72. The van der Waals surface area contributed by atoms with Gasteiger partial charge in [-0.3, -0.25) is 9.59 Å². The second-order valence-corrected chi connectivity index (χ2v) is 6.61. The van der Waals surface area contributed by atoms with Crippen LogP contribution < -0.4 is 14.9 Å². The molecule has 0 unspecified atom stereocenters. The standard InChI is InChI=1S/C21H19F3N2O4/c1-26(11-12-7-8-16(29-2)17(9-12)30-3)20(28)14-10-25-18-13(19(14)27)5-4-6-15(18)21(22,23)24/h4-10H,11H2,1-3H3,(H,25,27). The number of carbonyl (C=O) groups excluding carboxylic acids is 1. The number of hydrogen-bond acceptors (Lipinski definition) is 4. The highest BCUT2D eigenvalue weighted by atomic mass is 19.4. The third-order valence-electron chi connectivity index (χ3n) is 4.66. The minimum absolute atomic E-state index is 0.152. The van der Waals surface area contributed by atoms with Gasteiger partial charge in [0.1, 0.15) is 5.56 Å². The molecular weight excluding hydrogens is 401 g/mol. The molecule has 9 heteroatoms. The summed E-state index contributed by atoms with van der Waals surface area (Å²) in [6, 6.07) is 8.40. The molecule has 6 nitrogen and oxygen atoms in total. The average molecular weight is 420 g/mol. The van der Waals surface area contributed by atoms with E-state index in [0.717, 1.165) is 23.9 Å². The van der Waals surface area contributed by atoms with Crippen LogP contribution in [0.3, 0.4) is 0 Å². The van der Waals surface area contributed by atoms with Gasteiger partial charge in [-0.15, -0.1) is 0 Å². The number of carbonyl (C=O) groups is 1. The Morgan fingerprint density at radius 3 is 2.43 bits per heavy atom. The summed E-state index contributed by atoms with van der Waals surface area (Å²) in [6.07, 6.45) is -3.61. The number of amides is 1. The number of ether oxygens (including phenoxy) is 2. The SMILES string of the molecule is COc1ccc(CN(C)C(=O)c2c[nH]c3c(C(F)(F)F)cccc3c2=O)cc1OC. The maximum Gasteiger partial charge on any atom is 0.418 e. The van der Waals surface area contributed by atoms with Crippen molar-refractivity contribution in [2.45, 2.75) is 12.7 Å². The van der Waals surface area contributed by atoms with Crippen LogP contribution in [0, 0.1) is 0 Å². The smallest absolute Gasteiger partial charge is 0.418 e. The van der Waals surface area contributed by atoms with Crippen molar-refractivity contribution in [3.8, 4) is 11.5 Å². The number of aromatic amines is 1. The van der Waals surface area contributed by atoms with E-state index in [1.165, 1.54) is 32.2 Å². The van der Waals surface area contributed by atoms with Gasteiger partial charge in [0.15, 0.2) is 11.5 Å². The van der Waals surface area contributed by atoms with Crippen LogP contribution in [0.25, 0.3) is 10.9 Å². The van der Waals surface area contributed by atoms with E-state index >= 15 is 0 Å². The zero-order valence-corrected chi connectivity index (χ0v) is 16.5. The highest BCUT2D eigenvalue weighted by molar-refractivity contribution is 5.97. The molecule has 1 N–H and O–H groups in total. The summed E-state index contributed by atoms with van der Waals surface area (Å²) < 4.78 is 49.9. The monoisotopic (exact) mass is 420 g/mol. The summed E-state index contributed by atoms with van der Waals surface area (Å²) in [5.74, 6) is 0.395. The molecule has 0 fully saturated rings. The predicted octanol–water partition coefficient (Wildman–Crippen LogP) is 3.84. The Bertz CT molecular complexity index is 1160. The number of hydrogen-bond donors (Lipinski definition) is 1. The Hall–Kier alpha value is -3.49. The number of benzene rings is 2. The number of nitrogens with zero attached hydrogens (tertiary/aromatic N) is 1. The summed E-state index contributed by atoms with van der Waals surface area (Å²) in [4.78, 5) is 29.3. The van der Waals surface area contributed by atoms with Crippen molar-refractivity contribution in [2.75, 3.05) is 21.3 Å². The van der Waals surface area contributed by atoms with Crippen molar-refractivity contribution in [2.24, 2.45) is 0 Å². The third-order valence-corrected chi connectivity index (χ3v) is 4.66. The van der Waals surface area contributed by atoms with Gasteiger partial charge in [0.2, 0.25) is 5.43 Å². The molecule has 3 aromatic rings. The van der Waals surface area contributed by atoms with Crippen molar-refractivity contribution in [3.05, 3.63) is 69.5 Å². The zero-order valence-electron chi connectivity index (χ0n) is 16.5. The molecular formula is C21H19F3N2O4. The topological polar surface area (TPSA) is 71.6 Å². The van der Waals surface area contributed by atoms with Crippen molar-refractivity contribution in [1.29, 1.82) is 0 Å². The molecule has 0 saturated heterocycles. The fraction of sp³-hybridized carbons (Fsp3) is 0.238. The summed E-state index contributed by atoms with van der Waals surface area (Å²) >= 11 is 0. The summed E-state index contributed by atoms with van der Waals surface area (Å²) in [5, 5.41) is -0.199. The first kappa shape index (κ1) is 21.2. The lowest BCUT2D eigenvalue weighted by Gasteiger charge is -2.18. The molecule has 0 aliphatic rings. The summed E-state index contributed by atoms with van der Waals surface area (Å²) in [7, 11) is 4.48. The Labute approximate surface area is 169 Å². The Morgan fingerprint density at radius 2 is 1.80 bits per heavy atom. The van der Waals surface area contributed by atoms with Gasteiger partial charge in [-0.05, 0) is 29.8 Å². The van der Waals surface area contributed by atoms with E-state index in [1.54, 1.807) is 18.2 Å². The van der Waals surface area contributed by atoms with Crippen LogP contribution in [0.5, 0.6) is 11.5 Å². The molecule has 0 aliphatic heterocycles. The van der Waals surface area contributed by atoms with Gasteiger partial charge in [-0.2, -0.15) is 13.2 Å². The third kappa shape index (κ3) is 3.96. The molecule has 0 saturated carbocycles. The maximum absolute atomic E-state index is 13.2. The van der Waals surface area contributed by atoms with Gasteiger partial charge in [-0.25, -0.2) is 0 Å². The van der Waals surface area contributed by atoms with Gasteiger partial charge in [-0.1, -0.05) is 12.1 Å². The molecule has 0 spiro atoms. The highest BCUT2D eigenvalue weighted by Gasteiger charge is 2.33. The molecule has 0 aliphatic carbocycles. The predicted molar refractivity (Wildman–Crippen MR) is 105 cm³/mol. The van der Waals surface area contributed by atoms with Gasteiger partial charge in [0, 0.05) is 25.2 Å². The Morgan fingerprint density at radius 1 is 1.10 bits per heavy atom. The molecule has 0 radical (unpaired) electrons.